The van der Waals surface area contributed by atoms with Crippen LogP contribution < -0.4 is 5.32 Å². The van der Waals surface area contributed by atoms with Crippen LogP contribution in [0.25, 0.3) is 0 Å². The molecule has 0 amide bonds. The summed E-state index contributed by atoms with van der Waals surface area (Å²) in [7, 11) is 2.02. The number of aromatic nitrogens is 2. The molecule has 3 nitrogen and oxygen atoms in total. The molecule has 1 N–H and O–H groups in total. The van der Waals surface area contributed by atoms with Gasteiger partial charge >= 0.3 is 0 Å². The van der Waals surface area contributed by atoms with Gasteiger partial charge in [0.15, 0.2) is 0 Å². The fourth-order valence-corrected chi connectivity index (χ4v) is 2.44. The van der Waals surface area contributed by atoms with Crippen molar-refractivity contribution < 1.29 is 0 Å². The topological polar surface area (TPSA) is 29.9 Å². The van der Waals surface area contributed by atoms with E-state index in [2.05, 4.69) is 55.6 Å². The van der Waals surface area contributed by atoms with Gasteiger partial charge in [-0.2, -0.15) is 5.10 Å². The molecule has 0 aliphatic heterocycles. The first-order chi connectivity index (χ1) is 9.15. The number of hydrogen-bond acceptors (Lipinski definition) is 2. The van der Waals surface area contributed by atoms with E-state index < -0.39 is 0 Å². The van der Waals surface area contributed by atoms with Crippen molar-refractivity contribution in [3.63, 3.8) is 0 Å². The highest BCUT2D eigenvalue weighted by molar-refractivity contribution is 5.36. The molecule has 0 radical (unpaired) electrons. The van der Waals surface area contributed by atoms with Gasteiger partial charge in [0, 0.05) is 18.8 Å². The van der Waals surface area contributed by atoms with Crippen LogP contribution in [0.1, 0.15) is 35.2 Å². The van der Waals surface area contributed by atoms with E-state index in [1.54, 1.807) is 0 Å². The van der Waals surface area contributed by atoms with Crippen molar-refractivity contribution in [2.24, 2.45) is 0 Å². The van der Waals surface area contributed by atoms with E-state index in [0.717, 1.165) is 13.0 Å². The molecule has 0 spiro atoms. The lowest BCUT2D eigenvalue weighted by Gasteiger charge is -2.19. The second-order valence-electron chi connectivity index (χ2n) is 5.04. The van der Waals surface area contributed by atoms with E-state index in [4.69, 9.17) is 0 Å². The lowest BCUT2D eigenvalue weighted by atomic mass is 9.94. The Morgan fingerprint density at radius 2 is 2.11 bits per heavy atom. The minimum absolute atomic E-state index is 0.342. The highest BCUT2D eigenvalue weighted by atomic mass is 15.3. The molecule has 102 valence electrons. The zero-order valence-corrected chi connectivity index (χ0v) is 12.3. The molecule has 1 aromatic heterocycles. The van der Waals surface area contributed by atoms with Crippen LogP contribution in [0.4, 0.5) is 0 Å². The van der Waals surface area contributed by atoms with Crippen LogP contribution in [0.15, 0.2) is 30.6 Å². The molecule has 1 unspecified atom stereocenters. The summed E-state index contributed by atoms with van der Waals surface area (Å²) >= 11 is 0. The minimum atomic E-state index is 0.342. The Labute approximate surface area is 115 Å². The van der Waals surface area contributed by atoms with E-state index in [1.165, 1.54) is 22.3 Å². The van der Waals surface area contributed by atoms with Gasteiger partial charge in [-0.25, -0.2) is 0 Å². The highest BCUT2D eigenvalue weighted by Gasteiger charge is 2.14. The van der Waals surface area contributed by atoms with Gasteiger partial charge in [-0.05, 0) is 56.5 Å². The first kappa shape index (κ1) is 13.8. The van der Waals surface area contributed by atoms with E-state index in [0.29, 0.717) is 6.04 Å². The average Bonchev–Trinajstić information content (AvgIpc) is 2.87. The molecule has 0 saturated carbocycles. The molecule has 3 heteroatoms. The van der Waals surface area contributed by atoms with E-state index in [-0.39, 0.29) is 0 Å². The summed E-state index contributed by atoms with van der Waals surface area (Å²) in [6.07, 6.45) is 5.08. The number of nitrogens with zero attached hydrogens (tertiary/aromatic N) is 2. The summed E-state index contributed by atoms with van der Waals surface area (Å²) < 4.78 is 1.98. The molecule has 0 aliphatic rings. The summed E-state index contributed by atoms with van der Waals surface area (Å²) in [5.74, 6) is 0. The van der Waals surface area contributed by atoms with E-state index >= 15 is 0 Å². The fourth-order valence-electron chi connectivity index (χ4n) is 2.44. The zero-order valence-electron chi connectivity index (χ0n) is 12.3. The van der Waals surface area contributed by atoms with Crippen molar-refractivity contribution in [1.82, 2.24) is 15.1 Å². The van der Waals surface area contributed by atoms with Crippen LogP contribution in [0.3, 0.4) is 0 Å². The Hall–Kier alpha value is -1.61. The van der Waals surface area contributed by atoms with Crippen LogP contribution in [-0.4, -0.2) is 16.8 Å². The van der Waals surface area contributed by atoms with Crippen LogP contribution in [0.2, 0.25) is 0 Å². The third-order valence-electron chi connectivity index (χ3n) is 3.82. The Morgan fingerprint density at radius 1 is 1.32 bits per heavy atom. The monoisotopic (exact) mass is 257 g/mol. The molecule has 1 aromatic carbocycles. The van der Waals surface area contributed by atoms with Gasteiger partial charge in [-0.3, -0.25) is 4.68 Å². The zero-order chi connectivity index (χ0) is 13.8. The largest absolute Gasteiger partial charge is 0.313 e. The van der Waals surface area contributed by atoms with Gasteiger partial charge in [0.2, 0.25) is 0 Å². The summed E-state index contributed by atoms with van der Waals surface area (Å²) in [6, 6.07) is 6.86. The number of benzene rings is 1. The van der Waals surface area contributed by atoms with Crippen LogP contribution in [-0.2, 0) is 13.0 Å². The Balaban J connectivity index is 2.22. The molecule has 0 saturated heterocycles. The Bertz CT molecular complexity index is 543. The molecule has 0 aliphatic carbocycles. The van der Waals surface area contributed by atoms with Crippen LogP contribution >= 0.6 is 0 Å². The second kappa shape index (κ2) is 6.02. The van der Waals surface area contributed by atoms with E-state index in [9.17, 15) is 0 Å². The van der Waals surface area contributed by atoms with Gasteiger partial charge in [-0.1, -0.05) is 18.2 Å². The molecule has 0 fully saturated rings. The van der Waals surface area contributed by atoms with Gasteiger partial charge in [0.05, 0.1) is 6.20 Å². The number of likely N-dealkylation sites (N-methyl/N-ethyl adjacent to an activating group) is 1. The molecular formula is C16H23N3. The molecule has 1 heterocycles. The average molecular weight is 257 g/mol. The number of nitrogens with one attached hydrogen (secondary N) is 1. The lowest BCUT2D eigenvalue weighted by Crippen LogP contribution is -2.20. The Morgan fingerprint density at radius 3 is 2.74 bits per heavy atom. The third kappa shape index (κ3) is 3.04. The fraction of sp³-hybridized carbons (Fsp3) is 0.438. The van der Waals surface area contributed by atoms with Crippen molar-refractivity contribution in [2.75, 3.05) is 7.05 Å². The second-order valence-corrected chi connectivity index (χ2v) is 5.04. The van der Waals surface area contributed by atoms with Gasteiger partial charge < -0.3 is 5.32 Å². The molecular weight excluding hydrogens is 234 g/mol. The standard InChI is InChI=1S/C16H23N3/c1-5-19-11-14(10-18-19)9-16(17-4)15-8-6-7-12(2)13(15)3/h6-8,10-11,16-17H,5,9H2,1-4H3. The summed E-state index contributed by atoms with van der Waals surface area (Å²) in [5, 5.41) is 7.77. The van der Waals surface area contributed by atoms with Gasteiger partial charge in [-0.15, -0.1) is 0 Å². The molecule has 1 atom stereocenters. The maximum Gasteiger partial charge on any atom is 0.0522 e. The van der Waals surface area contributed by atoms with Crippen LogP contribution in [0.5, 0.6) is 0 Å². The highest BCUT2D eigenvalue weighted by Crippen LogP contribution is 2.23. The minimum Gasteiger partial charge on any atom is -0.313 e. The van der Waals surface area contributed by atoms with Crippen molar-refractivity contribution in [2.45, 2.75) is 39.8 Å². The van der Waals surface area contributed by atoms with Crippen molar-refractivity contribution in [3.8, 4) is 0 Å². The molecule has 2 rings (SSSR count). The molecule has 2 aromatic rings. The lowest BCUT2D eigenvalue weighted by molar-refractivity contribution is 0.587. The van der Waals surface area contributed by atoms with Crippen molar-refractivity contribution in [3.05, 3.63) is 52.8 Å². The summed E-state index contributed by atoms with van der Waals surface area (Å²) in [6.45, 7) is 7.40. The van der Waals surface area contributed by atoms with Crippen molar-refractivity contribution in [1.29, 1.82) is 0 Å². The maximum atomic E-state index is 4.34. The third-order valence-corrected chi connectivity index (χ3v) is 3.82. The molecule has 0 bridgehead atoms. The normalized spacial score (nSPS) is 12.6. The first-order valence-corrected chi connectivity index (χ1v) is 6.90. The van der Waals surface area contributed by atoms with E-state index in [1.807, 2.05) is 17.9 Å². The predicted octanol–water partition coefficient (Wildman–Crippen LogP) is 3.02. The first-order valence-electron chi connectivity index (χ1n) is 6.90. The van der Waals surface area contributed by atoms with Gasteiger partial charge in [0.1, 0.15) is 0 Å². The number of rotatable bonds is 5. The number of hydrogen-bond donors (Lipinski definition) is 1. The smallest absolute Gasteiger partial charge is 0.0522 e. The van der Waals surface area contributed by atoms with Crippen LogP contribution in [0, 0.1) is 13.8 Å². The maximum absolute atomic E-state index is 4.34. The predicted molar refractivity (Wildman–Crippen MR) is 79.3 cm³/mol. The molecule has 19 heavy (non-hydrogen) atoms. The van der Waals surface area contributed by atoms with Gasteiger partial charge in [0.25, 0.3) is 0 Å². The summed E-state index contributed by atoms with van der Waals surface area (Å²) in [4.78, 5) is 0. The SMILES string of the molecule is CCn1cc(CC(NC)c2cccc(C)c2C)cn1. The number of aryl methyl sites for hydroxylation is 2. The summed E-state index contributed by atoms with van der Waals surface area (Å²) in [5.41, 5.74) is 5.39. The Kier molecular flexibility index (Phi) is 4.38. The van der Waals surface area contributed by atoms with Crippen molar-refractivity contribution >= 4 is 0 Å². The quantitative estimate of drug-likeness (QED) is 0.892.